The molecule has 0 saturated carbocycles. The smallest absolute Gasteiger partial charge is 0.336 e. The lowest BCUT2D eigenvalue weighted by Gasteiger charge is -2.06. The van der Waals surface area contributed by atoms with E-state index < -0.39 is 0 Å². The Hall–Kier alpha value is -2.35. The molecule has 0 spiro atoms. The predicted octanol–water partition coefficient (Wildman–Crippen LogP) is 3.77. The van der Waals surface area contributed by atoms with Gasteiger partial charge in [0, 0.05) is 11.5 Å². The molecule has 0 fully saturated rings. The third kappa shape index (κ3) is 1.82. The van der Waals surface area contributed by atoms with Crippen LogP contribution in [0.4, 0.5) is 0 Å². The fourth-order valence-corrected chi connectivity index (χ4v) is 2.13. The fraction of sp³-hybridized carbons (Fsp3) is 0.0625. The predicted molar refractivity (Wildman–Crippen MR) is 72.7 cm³/mol. The number of aryl methyl sites for hydroxylation is 1. The second-order valence-electron chi connectivity index (χ2n) is 4.34. The van der Waals surface area contributed by atoms with E-state index >= 15 is 0 Å². The summed E-state index contributed by atoms with van der Waals surface area (Å²) < 4.78 is 5.22. The SMILES string of the molecule is Cc1ccc2oc(=O)cc(-c3ccccc3)c2c1. The standard InChI is InChI=1S/C16H12O2/c1-11-7-8-15-14(9-11)13(10-16(17)18-15)12-5-3-2-4-6-12/h2-10H,1H3. The highest BCUT2D eigenvalue weighted by Gasteiger charge is 2.07. The van der Waals surface area contributed by atoms with E-state index in [2.05, 4.69) is 0 Å². The largest absolute Gasteiger partial charge is 0.423 e. The van der Waals surface area contributed by atoms with Crippen molar-refractivity contribution in [3.05, 3.63) is 70.6 Å². The molecule has 3 aromatic rings. The molecule has 1 aromatic heterocycles. The third-order valence-corrected chi connectivity index (χ3v) is 2.98. The van der Waals surface area contributed by atoms with Gasteiger partial charge in [0.15, 0.2) is 0 Å². The van der Waals surface area contributed by atoms with Gasteiger partial charge >= 0.3 is 5.63 Å². The molecular formula is C16H12O2. The molecule has 0 aliphatic carbocycles. The Labute approximate surface area is 105 Å². The molecule has 2 nitrogen and oxygen atoms in total. The van der Waals surface area contributed by atoms with Gasteiger partial charge in [0.05, 0.1) is 0 Å². The van der Waals surface area contributed by atoms with Crippen molar-refractivity contribution in [2.75, 3.05) is 0 Å². The summed E-state index contributed by atoms with van der Waals surface area (Å²) in [5, 5.41) is 0.973. The van der Waals surface area contributed by atoms with E-state index in [-0.39, 0.29) is 5.63 Å². The molecule has 0 aliphatic rings. The first-order valence-corrected chi connectivity index (χ1v) is 5.84. The second kappa shape index (κ2) is 4.15. The molecular weight excluding hydrogens is 224 g/mol. The summed E-state index contributed by atoms with van der Waals surface area (Å²) in [6.45, 7) is 2.03. The molecule has 1 heterocycles. The summed E-state index contributed by atoms with van der Waals surface area (Å²) in [5.41, 5.74) is 3.41. The van der Waals surface area contributed by atoms with Crippen molar-refractivity contribution in [2.45, 2.75) is 6.92 Å². The van der Waals surface area contributed by atoms with E-state index in [1.54, 1.807) is 6.07 Å². The fourth-order valence-electron chi connectivity index (χ4n) is 2.13. The Kier molecular flexibility index (Phi) is 2.49. The van der Waals surface area contributed by atoms with Crippen LogP contribution in [0.1, 0.15) is 5.56 Å². The van der Waals surface area contributed by atoms with E-state index in [9.17, 15) is 4.79 Å². The topological polar surface area (TPSA) is 30.2 Å². The molecule has 2 aromatic carbocycles. The first kappa shape index (κ1) is 10.8. The molecule has 0 aliphatic heterocycles. The van der Waals surface area contributed by atoms with Crippen LogP contribution in [-0.2, 0) is 0 Å². The van der Waals surface area contributed by atoms with E-state index in [0.717, 1.165) is 22.1 Å². The van der Waals surface area contributed by atoms with Crippen LogP contribution < -0.4 is 5.63 Å². The minimum atomic E-state index is -0.315. The van der Waals surface area contributed by atoms with Crippen molar-refractivity contribution in [3.8, 4) is 11.1 Å². The molecule has 0 unspecified atom stereocenters. The zero-order valence-corrected chi connectivity index (χ0v) is 10.0. The maximum Gasteiger partial charge on any atom is 0.336 e. The number of fused-ring (bicyclic) bond motifs is 1. The molecule has 2 heteroatoms. The van der Waals surface area contributed by atoms with Crippen LogP contribution in [0, 0.1) is 6.92 Å². The zero-order valence-electron chi connectivity index (χ0n) is 10.0. The van der Waals surface area contributed by atoms with Gasteiger partial charge in [0.2, 0.25) is 0 Å². The van der Waals surface area contributed by atoms with E-state index in [1.165, 1.54) is 0 Å². The highest BCUT2D eigenvalue weighted by atomic mass is 16.4. The lowest BCUT2D eigenvalue weighted by molar-refractivity contribution is 0.561. The summed E-state index contributed by atoms with van der Waals surface area (Å²) in [5.74, 6) is 0. The van der Waals surface area contributed by atoms with Crippen LogP contribution in [0.5, 0.6) is 0 Å². The van der Waals surface area contributed by atoms with Gasteiger partial charge in [-0.25, -0.2) is 4.79 Å². The lowest BCUT2D eigenvalue weighted by atomic mass is 10.0. The maximum atomic E-state index is 11.6. The zero-order chi connectivity index (χ0) is 12.5. The molecule has 0 radical (unpaired) electrons. The number of hydrogen-bond donors (Lipinski definition) is 0. The van der Waals surface area contributed by atoms with Gasteiger partial charge in [0.25, 0.3) is 0 Å². The van der Waals surface area contributed by atoms with Crippen molar-refractivity contribution in [1.29, 1.82) is 0 Å². The van der Waals surface area contributed by atoms with Crippen molar-refractivity contribution in [1.82, 2.24) is 0 Å². The summed E-state index contributed by atoms with van der Waals surface area (Å²) in [4.78, 5) is 11.6. The van der Waals surface area contributed by atoms with Gasteiger partial charge < -0.3 is 4.42 Å². The minimum Gasteiger partial charge on any atom is -0.423 e. The van der Waals surface area contributed by atoms with Crippen LogP contribution in [0.2, 0.25) is 0 Å². The first-order valence-electron chi connectivity index (χ1n) is 5.84. The summed E-state index contributed by atoms with van der Waals surface area (Å²) in [7, 11) is 0. The highest BCUT2D eigenvalue weighted by molar-refractivity contribution is 5.93. The Morgan fingerprint density at radius 3 is 2.50 bits per heavy atom. The average Bonchev–Trinajstić information content (AvgIpc) is 2.39. The van der Waals surface area contributed by atoms with E-state index in [1.807, 2.05) is 55.5 Å². The van der Waals surface area contributed by atoms with Crippen LogP contribution in [0.3, 0.4) is 0 Å². The number of benzene rings is 2. The van der Waals surface area contributed by atoms with Crippen LogP contribution >= 0.6 is 0 Å². The minimum absolute atomic E-state index is 0.315. The number of rotatable bonds is 1. The number of hydrogen-bond acceptors (Lipinski definition) is 2. The maximum absolute atomic E-state index is 11.6. The average molecular weight is 236 g/mol. The van der Waals surface area contributed by atoms with Gasteiger partial charge in [-0.1, -0.05) is 42.0 Å². The van der Waals surface area contributed by atoms with Gasteiger partial charge in [-0.2, -0.15) is 0 Å². The summed E-state index contributed by atoms with van der Waals surface area (Å²) in [6, 6.07) is 17.3. The van der Waals surface area contributed by atoms with Gasteiger partial charge in [-0.05, 0) is 30.2 Å². The van der Waals surface area contributed by atoms with Gasteiger partial charge in [-0.15, -0.1) is 0 Å². The summed E-state index contributed by atoms with van der Waals surface area (Å²) in [6.07, 6.45) is 0. The summed E-state index contributed by atoms with van der Waals surface area (Å²) >= 11 is 0. The molecule has 0 N–H and O–H groups in total. The molecule has 0 saturated heterocycles. The van der Waals surface area contributed by atoms with Crippen molar-refractivity contribution in [2.24, 2.45) is 0 Å². The lowest BCUT2D eigenvalue weighted by Crippen LogP contribution is -1.98. The molecule has 0 amide bonds. The molecule has 18 heavy (non-hydrogen) atoms. The molecule has 0 bridgehead atoms. The Morgan fingerprint density at radius 1 is 0.944 bits per heavy atom. The second-order valence-corrected chi connectivity index (χ2v) is 4.34. The van der Waals surface area contributed by atoms with Crippen LogP contribution in [0.15, 0.2) is 63.8 Å². The monoisotopic (exact) mass is 236 g/mol. The van der Waals surface area contributed by atoms with Gasteiger partial charge in [-0.3, -0.25) is 0 Å². The first-order chi connectivity index (χ1) is 8.74. The Bertz CT molecular complexity index is 755. The Morgan fingerprint density at radius 2 is 1.72 bits per heavy atom. The van der Waals surface area contributed by atoms with Crippen molar-refractivity contribution >= 4 is 11.0 Å². The molecule has 0 atom stereocenters. The Balaban J connectivity index is 2.41. The van der Waals surface area contributed by atoms with Crippen LogP contribution in [0.25, 0.3) is 22.1 Å². The third-order valence-electron chi connectivity index (χ3n) is 2.98. The van der Waals surface area contributed by atoms with Crippen molar-refractivity contribution < 1.29 is 4.42 Å². The quantitative estimate of drug-likeness (QED) is 0.602. The van der Waals surface area contributed by atoms with Crippen molar-refractivity contribution in [3.63, 3.8) is 0 Å². The van der Waals surface area contributed by atoms with Gasteiger partial charge in [0.1, 0.15) is 5.58 Å². The van der Waals surface area contributed by atoms with E-state index in [0.29, 0.717) is 5.58 Å². The normalized spacial score (nSPS) is 10.7. The molecule has 88 valence electrons. The van der Waals surface area contributed by atoms with E-state index in [4.69, 9.17) is 4.42 Å². The van der Waals surface area contributed by atoms with Crippen LogP contribution in [-0.4, -0.2) is 0 Å². The molecule has 3 rings (SSSR count). The highest BCUT2D eigenvalue weighted by Crippen LogP contribution is 2.27.